The van der Waals surface area contributed by atoms with Crippen molar-refractivity contribution in [3.8, 4) is 5.69 Å². The molecule has 0 aliphatic carbocycles. The number of carboxylic acid groups (broad SMARTS) is 1. The van der Waals surface area contributed by atoms with Crippen molar-refractivity contribution in [2.24, 2.45) is 5.92 Å². The summed E-state index contributed by atoms with van der Waals surface area (Å²) in [5.41, 5.74) is 0.524. The number of carboxylic acids is 1. The summed E-state index contributed by atoms with van der Waals surface area (Å²) in [4.78, 5) is 23.8. The van der Waals surface area contributed by atoms with Crippen LogP contribution in [0.5, 0.6) is 0 Å². The lowest BCUT2D eigenvalue weighted by Crippen LogP contribution is -2.41. The van der Waals surface area contributed by atoms with E-state index in [0.29, 0.717) is 17.0 Å². The summed E-state index contributed by atoms with van der Waals surface area (Å²) in [6.45, 7) is 3.81. The van der Waals surface area contributed by atoms with Gasteiger partial charge in [0.05, 0.1) is 5.69 Å². The molecule has 0 fully saturated rings. The Morgan fingerprint density at radius 1 is 1.48 bits per heavy atom. The Bertz CT molecular complexity index is 623. The lowest BCUT2D eigenvalue weighted by atomic mass is 10.0. The highest BCUT2D eigenvalue weighted by Gasteiger charge is 2.24. The number of thiophene rings is 1. The molecule has 0 saturated carbocycles. The van der Waals surface area contributed by atoms with Crippen molar-refractivity contribution in [2.45, 2.75) is 26.3 Å². The molecule has 0 aliphatic rings. The first-order valence-electron chi connectivity index (χ1n) is 6.33. The monoisotopic (exact) mass is 309 g/mol. The van der Waals surface area contributed by atoms with Crippen LogP contribution in [0.4, 0.5) is 0 Å². The van der Waals surface area contributed by atoms with Crippen LogP contribution in [0.2, 0.25) is 0 Å². The summed E-state index contributed by atoms with van der Waals surface area (Å²) in [5, 5.41) is 24.2. The van der Waals surface area contributed by atoms with E-state index >= 15 is 0 Å². The number of nitrogens with one attached hydrogen (secondary N) is 1. The molecule has 21 heavy (non-hydrogen) atoms. The molecule has 0 aromatic carbocycles. The number of hydrogen-bond acceptors (Lipinski definition) is 6. The highest BCUT2D eigenvalue weighted by molar-refractivity contribution is 7.12. The Kier molecular flexibility index (Phi) is 4.63. The summed E-state index contributed by atoms with van der Waals surface area (Å²) in [6.07, 6.45) is 1.74. The number of aromatic nitrogens is 4. The number of carbonyl (C=O) groups is 2. The minimum atomic E-state index is -1.04. The lowest BCUT2D eigenvalue weighted by molar-refractivity contribution is -0.139. The fourth-order valence-electron chi connectivity index (χ4n) is 1.84. The Morgan fingerprint density at radius 3 is 2.81 bits per heavy atom. The first kappa shape index (κ1) is 15.1. The smallest absolute Gasteiger partial charge is 0.326 e. The molecule has 0 saturated heterocycles. The maximum absolute atomic E-state index is 12.3. The third-order valence-corrected chi connectivity index (χ3v) is 3.66. The predicted octanol–water partition coefficient (Wildman–Crippen LogP) is 0.953. The largest absolute Gasteiger partial charge is 0.480 e. The van der Waals surface area contributed by atoms with E-state index in [1.807, 2.05) is 13.8 Å². The Balaban J connectivity index is 2.17. The number of carbonyl (C=O) groups excluding carboxylic acids is 1. The molecular weight excluding hydrogens is 294 g/mol. The van der Waals surface area contributed by atoms with E-state index in [0.717, 1.165) is 0 Å². The molecule has 0 aliphatic heterocycles. The quantitative estimate of drug-likeness (QED) is 0.822. The van der Waals surface area contributed by atoms with E-state index in [4.69, 9.17) is 0 Å². The van der Waals surface area contributed by atoms with Gasteiger partial charge in [-0.05, 0) is 34.2 Å². The summed E-state index contributed by atoms with van der Waals surface area (Å²) in [5.74, 6) is -1.32. The second-order valence-electron chi connectivity index (χ2n) is 4.88. The van der Waals surface area contributed by atoms with Gasteiger partial charge in [0, 0.05) is 0 Å². The van der Waals surface area contributed by atoms with Crippen molar-refractivity contribution in [3.05, 3.63) is 22.7 Å². The van der Waals surface area contributed by atoms with Crippen molar-refractivity contribution >= 4 is 23.2 Å². The van der Waals surface area contributed by atoms with Gasteiger partial charge in [0.25, 0.3) is 5.91 Å². The molecule has 0 radical (unpaired) electrons. The number of rotatable bonds is 6. The standard InChI is InChI=1S/C12H15N5O3S/c1-7(2)5-8(12(19)20)14-11(18)10-9(3-4-21-10)17-6-13-15-16-17/h3-4,6-8H,5H2,1-2H3,(H,14,18)(H,19,20)/t8-/m1/s1. The predicted molar refractivity (Wildman–Crippen MR) is 75.4 cm³/mol. The molecule has 2 aromatic rings. The SMILES string of the molecule is CC(C)C[C@@H](NC(=O)c1sccc1-n1cnnn1)C(=O)O. The minimum Gasteiger partial charge on any atom is -0.480 e. The van der Waals surface area contributed by atoms with Crippen molar-refractivity contribution in [3.63, 3.8) is 0 Å². The fraction of sp³-hybridized carbons (Fsp3) is 0.417. The lowest BCUT2D eigenvalue weighted by Gasteiger charge is -2.16. The molecule has 1 atom stereocenters. The van der Waals surface area contributed by atoms with Crippen molar-refractivity contribution in [2.75, 3.05) is 0 Å². The van der Waals surface area contributed by atoms with Crippen LogP contribution in [0.1, 0.15) is 29.9 Å². The number of aliphatic carboxylic acids is 1. The average Bonchev–Trinajstić information content (AvgIpc) is 3.07. The van der Waals surface area contributed by atoms with Gasteiger partial charge in [0.15, 0.2) is 0 Å². The minimum absolute atomic E-state index is 0.161. The summed E-state index contributed by atoms with van der Waals surface area (Å²) >= 11 is 1.21. The van der Waals surface area contributed by atoms with Gasteiger partial charge in [-0.25, -0.2) is 4.79 Å². The molecule has 2 N–H and O–H groups in total. The highest BCUT2D eigenvalue weighted by Crippen LogP contribution is 2.20. The molecule has 1 amide bonds. The third-order valence-electron chi connectivity index (χ3n) is 2.76. The first-order valence-corrected chi connectivity index (χ1v) is 7.21. The zero-order valence-corrected chi connectivity index (χ0v) is 12.4. The van der Waals surface area contributed by atoms with Crippen LogP contribution in [0.15, 0.2) is 17.8 Å². The summed E-state index contributed by atoms with van der Waals surface area (Å²) in [6, 6.07) is 0.787. The van der Waals surface area contributed by atoms with Crippen LogP contribution < -0.4 is 5.32 Å². The van der Waals surface area contributed by atoms with Crippen LogP contribution in [0.25, 0.3) is 5.69 Å². The highest BCUT2D eigenvalue weighted by atomic mass is 32.1. The molecule has 0 unspecified atom stereocenters. The molecule has 0 bridgehead atoms. The van der Waals surface area contributed by atoms with E-state index in [1.165, 1.54) is 22.3 Å². The molecule has 8 nitrogen and oxygen atoms in total. The van der Waals surface area contributed by atoms with Crippen molar-refractivity contribution in [1.82, 2.24) is 25.5 Å². The van der Waals surface area contributed by atoms with Crippen LogP contribution >= 0.6 is 11.3 Å². The van der Waals surface area contributed by atoms with E-state index in [-0.39, 0.29) is 5.92 Å². The van der Waals surface area contributed by atoms with Gasteiger partial charge in [-0.2, -0.15) is 4.68 Å². The zero-order chi connectivity index (χ0) is 15.4. The number of hydrogen-bond donors (Lipinski definition) is 2. The van der Waals surface area contributed by atoms with E-state index in [1.54, 1.807) is 11.4 Å². The van der Waals surface area contributed by atoms with Gasteiger partial charge in [-0.1, -0.05) is 13.8 Å². The van der Waals surface area contributed by atoms with Crippen LogP contribution in [-0.2, 0) is 4.79 Å². The molecule has 2 heterocycles. The van der Waals surface area contributed by atoms with Crippen molar-refractivity contribution in [1.29, 1.82) is 0 Å². The van der Waals surface area contributed by atoms with Gasteiger partial charge in [-0.15, -0.1) is 16.4 Å². The Labute approximate surface area is 124 Å². The molecule has 2 rings (SSSR count). The van der Waals surface area contributed by atoms with Crippen LogP contribution in [0, 0.1) is 5.92 Å². The maximum atomic E-state index is 12.3. The molecule has 0 spiro atoms. The topological polar surface area (TPSA) is 110 Å². The number of amides is 1. The van der Waals surface area contributed by atoms with Gasteiger partial charge in [0.2, 0.25) is 0 Å². The summed E-state index contributed by atoms with van der Waals surface area (Å²) < 4.78 is 1.36. The second kappa shape index (κ2) is 6.44. The van der Waals surface area contributed by atoms with Gasteiger partial charge >= 0.3 is 5.97 Å². The molecule has 9 heteroatoms. The fourth-order valence-corrected chi connectivity index (χ4v) is 2.62. The maximum Gasteiger partial charge on any atom is 0.326 e. The molecule has 2 aromatic heterocycles. The number of nitrogens with zero attached hydrogens (tertiary/aromatic N) is 4. The van der Waals surface area contributed by atoms with E-state index in [2.05, 4.69) is 20.8 Å². The summed E-state index contributed by atoms with van der Waals surface area (Å²) in [7, 11) is 0. The van der Waals surface area contributed by atoms with E-state index in [9.17, 15) is 14.7 Å². The normalized spacial score (nSPS) is 12.3. The average molecular weight is 309 g/mol. The third kappa shape index (κ3) is 3.63. The molecular formula is C12H15N5O3S. The van der Waals surface area contributed by atoms with Gasteiger partial charge in [0.1, 0.15) is 17.2 Å². The second-order valence-corrected chi connectivity index (χ2v) is 5.80. The van der Waals surface area contributed by atoms with Crippen molar-refractivity contribution < 1.29 is 14.7 Å². The van der Waals surface area contributed by atoms with Gasteiger partial charge < -0.3 is 10.4 Å². The number of tetrazole rings is 1. The Hall–Kier alpha value is -2.29. The van der Waals surface area contributed by atoms with E-state index < -0.39 is 17.9 Å². The first-order chi connectivity index (χ1) is 9.99. The Morgan fingerprint density at radius 2 is 2.24 bits per heavy atom. The molecule has 112 valence electrons. The van der Waals surface area contributed by atoms with Crippen LogP contribution in [0.3, 0.4) is 0 Å². The van der Waals surface area contributed by atoms with Gasteiger partial charge in [-0.3, -0.25) is 4.79 Å². The zero-order valence-electron chi connectivity index (χ0n) is 11.6. The van der Waals surface area contributed by atoms with Crippen LogP contribution in [-0.4, -0.2) is 43.2 Å².